The van der Waals surface area contributed by atoms with Crippen LogP contribution < -0.4 is 4.90 Å². The van der Waals surface area contributed by atoms with Gasteiger partial charge in [0.1, 0.15) is 6.04 Å². The lowest BCUT2D eigenvalue weighted by Crippen LogP contribution is -2.51. The molecule has 1 heterocycles. The molecule has 0 bridgehead atoms. The van der Waals surface area contributed by atoms with E-state index in [2.05, 4.69) is 28.0 Å². The Kier molecular flexibility index (Phi) is 6.16. The van der Waals surface area contributed by atoms with Crippen molar-refractivity contribution in [1.29, 1.82) is 5.26 Å². The summed E-state index contributed by atoms with van der Waals surface area (Å²) < 4.78 is 0. The summed E-state index contributed by atoms with van der Waals surface area (Å²) in [5.41, 5.74) is 2.17. The molecule has 1 saturated heterocycles. The van der Waals surface area contributed by atoms with Crippen molar-refractivity contribution in [3.8, 4) is 6.07 Å². The average Bonchev–Trinajstić information content (AvgIpc) is 2.69. The molecule has 2 fully saturated rings. The van der Waals surface area contributed by atoms with Crippen LogP contribution in [-0.2, 0) is 4.79 Å². The van der Waals surface area contributed by atoms with Gasteiger partial charge in [-0.1, -0.05) is 31.4 Å². The number of carbonyl (C=O) groups is 1. The topological polar surface area (TPSA) is 50.6 Å². The standard InChI is InChI=1S/C21H30N4O/c1-23(2)19-10-8-17(9-11-19)20(16-22)24-12-14-25(15-13-24)21(26)18-6-4-3-5-7-18/h8-11,18,20H,3-7,12-15H2,1-2H3. The highest BCUT2D eigenvalue weighted by Gasteiger charge is 2.30. The van der Waals surface area contributed by atoms with Gasteiger partial charge < -0.3 is 9.80 Å². The van der Waals surface area contributed by atoms with E-state index in [4.69, 9.17) is 0 Å². The highest BCUT2D eigenvalue weighted by molar-refractivity contribution is 5.79. The summed E-state index contributed by atoms with van der Waals surface area (Å²) in [7, 11) is 4.03. The maximum atomic E-state index is 12.7. The fourth-order valence-electron chi connectivity index (χ4n) is 4.13. The predicted molar refractivity (Wildman–Crippen MR) is 104 cm³/mol. The number of anilines is 1. The van der Waals surface area contributed by atoms with Crippen LogP contribution in [-0.4, -0.2) is 56.0 Å². The number of amides is 1. The van der Waals surface area contributed by atoms with E-state index in [9.17, 15) is 10.1 Å². The second kappa shape index (κ2) is 8.55. The van der Waals surface area contributed by atoms with E-state index in [1.54, 1.807) is 0 Å². The Labute approximate surface area is 157 Å². The number of piperazine rings is 1. The molecule has 1 aliphatic heterocycles. The van der Waals surface area contributed by atoms with Crippen LogP contribution in [0.4, 0.5) is 5.69 Å². The third kappa shape index (κ3) is 4.19. The molecular weight excluding hydrogens is 324 g/mol. The lowest BCUT2D eigenvalue weighted by molar-refractivity contribution is -0.138. The first-order valence-electron chi connectivity index (χ1n) is 9.80. The number of rotatable bonds is 4. The Morgan fingerprint density at radius 3 is 2.23 bits per heavy atom. The van der Waals surface area contributed by atoms with Gasteiger partial charge in [0, 0.05) is 51.9 Å². The Morgan fingerprint density at radius 1 is 1.08 bits per heavy atom. The predicted octanol–water partition coefficient (Wildman–Crippen LogP) is 3.04. The fourth-order valence-corrected chi connectivity index (χ4v) is 4.13. The highest BCUT2D eigenvalue weighted by atomic mass is 16.2. The molecule has 26 heavy (non-hydrogen) atoms. The molecule has 2 aliphatic rings. The van der Waals surface area contributed by atoms with Gasteiger partial charge in [0.15, 0.2) is 0 Å². The minimum atomic E-state index is -0.238. The molecule has 1 saturated carbocycles. The number of hydrogen-bond acceptors (Lipinski definition) is 4. The van der Waals surface area contributed by atoms with Crippen molar-refractivity contribution in [3.05, 3.63) is 29.8 Å². The van der Waals surface area contributed by atoms with Crippen LogP contribution in [0.25, 0.3) is 0 Å². The van der Waals surface area contributed by atoms with Gasteiger partial charge in [-0.25, -0.2) is 0 Å². The quantitative estimate of drug-likeness (QED) is 0.834. The number of benzene rings is 1. The monoisotopic (exact) mass is 354 g/mol. The first-order valence-corrected chi connectivity index (χ1v) is 9.80. The highest BCUT2D eigenvalue weighted by Crippen LogP contribution is 2.27. The Bertz CT molecular complexity index is 635. The van der Waals surface area contributed by atoms with Gasteiger partial charge in [-0.3, -0.25) is 9.69 Å². The molecule has 1 aromatic carbocycles. The fraction of sp³-hybridized carbons (Fsp3) is 0.619. The van der Waals surface area contributed by atoms with Crippen LogP contribution in [0, 0.1) is 17.2 Å². The summed E-state index contributed by atoms with van der Waals surface area (Å²) >= 11 is 0. The van der Waals surface area contributed by atoms with Crippen molar-refractivity contribution in [2.75, 3.05) is 45.2 Å². The lowest BCUT2D eigenvalue weighted by atomic mass is 9.88. The van der Waals surface area contributed by atoms with Crippen molar-refractivity contribution in [3.63, 3.8) is 0 Å². The zero-order chi connectivity index (χ0) is 18.5. The second-order valence-electron chi connectivity index (χ2n) is 7.71. The number of nitrogens with zero attached hydrogens (tertiary/aromatic N) is 4. The van der Waals surface area contributed by atoms with Gasteiger partial charge in [0.2, 0.25) is 5.91 Å². The second-order valence-corrected chi connectivity index (χ2v) is 7.71. The molecule has 0 spiro atoms. The van der Waals surface area contributed by atoms with E-state index >= 15 is 0 Å². The summed E-state index contributed by atoms with van der Waals surface area (Å²) in [5, 5.41) is 9.71. The van der Waals surface area contributed by atoms with E-state index in [0.29, 0.717) is 5.91 Å². The number of hydrogen-bond donors (Lipinski definition) is 0. The number of carbonyl (C=O) groups excluding carboxylic acids is 1. The molecular formula is C21H30N4O. The molecule has 1 atom stereocenters. The van der Waals surface area contributed by atoms with Crippen molar-refractivity contribution < 1.29 is 4.79 Å². The molecule has 5 heteroatoms. The summed E-state index contributed by atoms with van der Waals surface area (Å²) in [4.78, 5) is 19.0. The van der Waals surface area contributed by atoms with E-state index in [-0.39, 0.29) is 12.0 Å². The van der Waals surface area contributed by atoms with Gasteiger partial charge in [-0.15, -0.1) is 0 Å². The van der Waals surface area contributed by atoms with Crippen LogP contribution in [0.3, 0.4) is 0 Å². The minimum absolute atomic E-state index is 0.237. The van der Waals surface area contributed by atoms with E-state index < -0.39 is 0 Å². The zero-order valence-electron chi connectivity index (χ0n) is 16.0. The van der Waals surface area contributed by atoms with Crippen molar-refractivity contribution in [1.82, 2.24) is 9.80 Å². The third-order valence-electron chi connectivity index (χ3n) is 5.79. The minimum Gasteiger partial charge on any atom is -0.378 e. The molecule has 1 aliphatic carbocycles. The van der Waals surface area contributed by atoms with Gasteiger partial charge in [0.25, 0.3) is 0 Å². The third-order valence-corrected chi connectivity index (χ3v) is 5.79. The van der Waals surface area contributed by atoms with Gasteiger partial charge in [-0.2, -0.15) is 5.26 Å². The Hall–Kier alpha value is -2.06. The first kappa shape index (κ1) is 18.7. The van der Waals surface area contributed by atoms with Gasteiger partial charge >= 0.3 is 0 Å². The molecule has 5 nitrogen and oxygen atoms in total. The summed E-state index contributed by atoms with van der Waals surface area (Å²) in [5.74, 6) is 0.578. The van der Waals surface area contributed by atoms with Crippen molar-refractivity contribution >= 4 is 11.6 Å². The van der Waals surface area contributed by atoms with Crippen molar-refractivity contribution in [2.45, 2.75) is 38.1 Å². The van der Waals surface area contributed by atoms with Gasteiger partial charge in [-0.05, 0) is 30.5 Å². The van der Waals surface area contributed by atoms with E-state index in [0.717, 1.165) is 50.3 Å². The molecule has 3 rings (SSSR count). The van der Waals surface area contributed by atoms with Crippen LogP contribution in [0.5, 0.6) is 0 Å². The van der Waals surface area contributed by atoms with E-state index in [1.165, 1.54) is 19.3 Å². The Balaban J connectivity index is 1.59. The zero-order valence-corrected chi connectivity index (χ0v) is 16.0. The molecule has 0 aromatic heterocycles. The van der Waals surface area contributed by atoms with Gasteiger partial charge in [0.05, 0.1) is 6.07 Å². The van der Waals surface area contributed by atoms with Crippen LogP contribution in [0.15, 0.2) is 24.3 Å². The smallest absolute Gasteiger partial charge is 0.225 e. The van der Waals surface area contributed by atoms with Crippen LogP contribution in [0.2, 0.25) is 0 Å². The lowest BCUT2D eigenvalue weighted by Gasteiger charge is -2.38. The molecule has 1 aromatic rings. The Morgan fingerprint density at radius 2 is 1.69 bits per heavy atom. The molecule has 140 valence electrons. The van der Waals surface area contributed by atoms with E-state index in [1.807, 2.05) is 31.1 Å². The molecule has 0 N–H and O–H groups in total. The summed E-state index contributed by atoms with van der Waals surface area (Å²) in [6, 6.07) is 10.4. The normalized spacial score (nSPS) is 20.4. The summed E-state index contributed by atoms with van der Waals surface area (Å²) in [6.45, 7) is 3.02. The maximum absolute atomic E-state index is 12.7. The number of nitriles is 1. The largest absolute Gasteiger partial charge is 0.378 e. The van der Waals surface area contributed by atoms with Crippen molar-refractivity contribution in [2.24, 2.45) is 5.92 Å². The maximum Gasteiger partial charge on any atom is 0.225 e. The summed E-state index contributed by atoms with van der Waals surface area (Å²) in [6.07, 6.45) is 5.76. The van der Waals surface area contributed by atoms with Crippen LogP contribution >= 0.6 is 0 Å². The SMILES string of the molecule is CN(C)c1ccc(C(C#N)N2CCN(C(=O)C3CCCCC3)CC2)cc1. The molecule has 1 unspecified atom stereocenters. The molecule has 0 radical (unpaired) electrons. The first-order chi connectivity index (χ1) is 12.6. The molecule has 1 amide bonds. The average molecular weight is 354 g/mol. The van der Waals surface area contributed by atoms with Crippen LogP contribution in [0.1, 0.15) is 43.7 Å².